The van der Waals surface area contributed by atoms with E-state index in [0.717, 1.165) is 11.4 Å². The first kappa shape index (κ1) is 14.4. The van der Waals surface area contributed by atoms with Crippen molar-refractivity contribution in [2.75, 3.05) is 31.2 Å². The molecule has 0 spiro atoms. The van der Waals surface area contributed by atoms with E-state index < -0.39 is 5.97 Å². The van der Waals surface area contributed by atoms with Gasteiger partial charge in [0.25, 0.3) is 0 Å². The van der Waals surface area contributed by atoms with Crippen molar-refractivity contribution < 1.29 is 19.4 Å². The van der Waals surface area contributed by atoms with Gasteiger partial charge < -0.3 is 19.5 Å². The fourth-order valence-electron chi connectivity index (χ4n) is 2.41. The van der Waals surface area contributed by atoms with Crippen LogP contribution in [-0.2, 0) is 0 Å². The number of fused-ring (bicyclic) bond motifs is 1. The lowest BCUT2D eigenvalue weighted by Crippen LogP contribution is -2.34. The largest absolute Gasteiger partial charge is 0.490 e. The molecule has 114 valence electrons. The van der Waals surface area contributed by atoms with E-state index >= 15 is 0 Å². The molecule has 2 aromatic rings. The standard InChI is InChI=1S/C17H17NO4/c19-10-8-18-9-11-21-16-7-6-14(12-15(16)18)22-17(20)13-4-2-1-3-5-13/h1-7,12,19H,8-11H2. The molecule has 0 atom stereocenters. The molecule has 1 N–H and O–H groups in total. The van der Waals surface area contributed by atoms with E-state index in [1.807, 2.05) is 11.0 Å². The predicted octanol–water partition coefficient (Wildman–Crippen LogP) is 2.10. The van der Waals surface area contributed by atoms with Crippen LogP contribution in [0.4, 0.5) is 5.69 Å². The highest BCUT2D eigenvalue weighted by atomic mass is 16.5. The molecule has 0 saturated carbocycles. The summed E-state index contributed by atoms with van der Waals surface area (Å²) in [6.45, 7) is 1.86. The van der Waals surface area contributed by atoms with Gasteiger partial charge in [-0.15, -0.1) is 0 Å². The zero-order chi connectivity index (χ0) is 15.4. The molecule has 0 radical (unpaired) electrons. The molecule has 1 aliphatic rings. The van der Waals surface area contributed by atoms with Gasteiger partial charge in [-0.05, 0) is 24.3 Å². The summed E-state index contributed by atoms with van der Waals surface area (Å²) in [4.78, 5) is 14.1. The normalized spacial score (nSPS) is 13.2. The Kier molecular flexibility index (Phi) is 4.25. The molecule has 3 rings (SSSR count). The molecule has 1 heterocycles. The highest BCUT2D eigenvalue weighted by Crippen LogP contribution is 2.34. The second kappa shape index (κ2) is 6.49. The van der Waals surface area contributed by atoms with Crippen LogP contribution in [0.5, 0.6) is 11.5 Å². The summed E-state index contributed by atoms with van der Waals surface area (Å²) in [6, 6.07) is 14.1. The molecule has 0 unspecified atom stereocenters. The van der Waals surface area contributed by atoms with Crippen LogP contribution in [0.15, 0.2) is 48.5 Å². The van der Waals surface area contributed by atoms with Crippen molar-refractivity contribution in [1.82, 2.24) is 0 Å². The Morgan fingerprint density at radius 1 is 1.23 bits per heavy atom. The summed E-state index contributed by atoms with van der Waals surface area (Å²) in [6.07, 6.45) is 0. The number of ether oxygens (including phenoxy) is 2. The Morgan fingerprint density at radius 3 is 2.82 bits per heavy atom. The van der Waals surface area contributed by atoms with Crippen LogP contribution in [0, 0.1) is 0 Å². The second-order valence-corrected chi connectivity index (χ2v) is 4.94. The third-order valence-electron chi connectivity index (χ3n) is 3.48. The molecule has 0 bridgehead atoms. The molecule has 22 heavy (non-hydrogen) atoms. The molecule has 0 fully saturated rings. The molecule has 5 nitrogen and oxygen atoms in total. The SMILES string of the molecule is O=C(Oc1ccc2c(c1)N(CCO)CCO2)c1ccccc1. The minimum Gasteiger partial charge on any atom is -0.490 e. The number of β-amino-alcohol motifs (C(OH)–C–C–N with tert-alkyl or cyclic N) is 1. The average molecular weight is 299 g/mol. The maximum atomic E-state index is 12.1. The van der Waals surface area contributed by atoms with Crippen molar-refractivity contribution in [1.29, 1.82) is 0 Å². The first-order chi connectivity index (χ1) is 10.8. The van der Waals surface area contributed by atoms with E-state index in [0.29, 0.717) is 31.0 Å². The minimum atomic E-state index is -0.397. The van der Waals surface area contributed by atoms with Crippen LogP contribution >= 0.6 is 0 Å². The molecule has 0 aromatic heterocycles. The number of rotatable bonds is 4. The number of carbonyl (C=O) groups excluding carboxylic acids is 1. The van der Waals surface area contributed by atoms with Gasteiger partial charge in [0.15, 0.2) is 0 Å². The smallest absolute Gasteiger partial charge is 0.343 e. The van der Waals surface area contributed by atoms with E-state index in [1.165, 1.54) is 0 Å². The van der Waals surface area contributed by atoms with Crippen LogP contribution in [-0.4, -0.2) is 37.4 Å². The van der Waals surface area contributed by atoms with Gasteiger partial charge in [-0.1, -0.05) is 18.2 Å². The third-order valence-corrected chi connectivity index (χ3v) is 3.48. The van der Waals surface area contributed by atoms with Gasteiger partial charge in [0.05, 0.1) is 24.4 Å². The summed E-state index contributed by atoms with van der Waals surface area (Å²) in [7, 11) is 0. The van der Waals surface area contributed by atoms with Gasteiger partial charge in [-0.2, -0.15) is 0 Å². The molecule has 0 saturated heterocycles. The number of hydrogen-bond donors (Lipinski definition) is 1. The Morgan fingerprint density at radius 2 is 2.05 bits per heavy atom. The molecule has 0 aliphatic carbocycles. The van der Waals surface area contributed by atoms with E-state index in [9.17, 15) is 4.79 Å². The Balaban J connectivity index is 1.81. The van der Waals surface area contributed by atoms with E-state index in [-0.39, 0.29) is 6.61 Å². The van der Waals surface area contributed by atoms with Crippen molar-refractivity contribution in [2.45, 2.75) is 0 Å². The molecule has 2 aromatic carbocycles. The molecule has 5 heteroatoms. The fraction of sp³-hybridized carbons (Fsp3) is 0.235. The highest BCUT2D eigenvalue weighted by molar-refractivity contribution is 5.91. The third kappa shape index (κ3) is 3.04. The number of aliphatic hydroxyl groups is 1. The van der Waals surface area contributed by atoms with Crippen LogP contribution in [0.2, 0.25) is 0 Å². The molecular formula is C17H17NO4. The van der Waals surface area contributed by atoms with E-state index in [2.05, 4.69) is 0 Å². The van der Waals surface area contributed by atoms with Gasteiger partial charge in [-0.25, -0.2) is 4.79 Å². The molecular weight excluding hydrogens is 282 g/mol. The van der Waals surface area contributed by atoms with Crippen LogP contribution < -0.4 is 14.4 Å². The van der Waals surface area contributed by atoms with Gasteiger partial charge in [-0.3, -0.25) is 0 Å². The zero-order valence-electron chi connectivity index (χ0n) is 12.1. The first-order valence-corrected chi connectivity index (χ1v) is 7.18. The second-order valence-electron chi connectivity index (χ2n) is 4.94. The highest BCUT2D eigenvalue weighted by Gasteiger charge is 2.19. The number of esters is 1. The van der Waals surface area contributed by atoms with Crippen LogP contribution in [0.1, 0.15) is 10.4 Å². The number of carbonyl (C=O) groups is 1. The number of nitrogens with zero attached hydrogens (tertiary/aromatic N) is 1. The number of benzene rings is 2. The Bertz CT molecular complexity index is 657. The summed E-state index contributed by atoms with van der Waals surface area (Å²) in [5, 5.41) is 9.14. The average Bonchev–Trinajstić information content (AvgIpc) is 2.56. The molecule has 0 amide bonds. The van der Waals surface area contributed by atoms with Crippen molar-refractivity contribution in [3.63, 3.8) is 0 Å². The van der Waals surface area contributed by atoms with Crippen LogP contribution in [0.25, 0.3) is 0 Å². The maximum absolute atomic E-state index is 12.1. The van der Waals surface area contributed by atoms with E-state index in [4.69, 9.17) is 14.6 Å². The summed E-state index contributed by atoms with van der Waals surface area (Å²) in [5.41, 5.74) is 1.34. The van der Waals surface area contributed by atoms with Crippen molar-refractivity contribution in [3.8, 4) is 11.5 Å². The van der Waals surface area contributed by atoms with Crippen molar-refractivity contribution >= 4 is 11.7 Å². The minimum absolute atomic E-state index is 0.0630. The topological polar surface area (TPSA) is 59.0 Å². The quantitative estimate of drug-likeness (QED) is 0.692. The summed E-state index contributed by atoms with van der Waals surface area (Å²) in [5.74, 6) is 0.797. The monoisotopic (exact) mass is 299 g/mol. The van der Waals surface area contributed by atoms with Gasteiger partial charge in [0, 0.05) is 12.6 Å². The molecule has 1 aliphatic heterocycles. The lowest BCUT2D eigenvalue weighted by molar-refractivity contribution is 0.0734. The lowest BCUT2D eigenvalue weighted by atomic mass is 10.2. The van der Waals surface area contributed by atoms with Crippen molar-refractivity contribution in [3.05, 3.63) is 54.1 Å². The summed E-state index contributed by atoms with van der Waals surface area (Å²) >= 11 is 0. The summed E-state index contributed by atoms with van der Waals surface area (Å²) < 4.78 is 11.0. The van der Waals surface area contributed by atoms with Gasteiger partial charge in [0.1, 0.15) is 18.1 Å². The number of hydrogen-bond acceptors (Lipinski definition) is 5. The maximum Gasteiger partial charge on any atom is 0.343 e. The van der Waals surface area contributed by atoms with Gasteiger partial charge in [0.2, 0.25) is 0 Å². The number of anilines is 1. The number of aliphatic hydroxyl groups excluding tert-OH is 1. The fourth-order valence-corrected chi connectivity index (χ4v) is 2.41. The lowest BCUT2D eigenvalue weighted by Gasteiger charge is -2.30. The van der Waals surface area contributed by atoms with E-state index in [1.54, 1.807) is 42.5 Å². The zero-order valence-corrected chi connectivity index (χ0v) is 12.1. The van der Waals surface area contributed by atoms with Crippen molar-refractivity contribution in [2.24, 2.45) is 0 Å². The Labute approximate surface area is 128 Å². The predicted molar refractivity (Wildman–Crippen MR) is 82.6 cm³/mol. The Hall–Kier alpha value is -2.53. The van der Waals surface area contributed by atoms with Crippen LogP contribution in [0.3, 0.4) is 0 Å². The van der Waals surface area contributed by atoms with Gasteiger partial charge >= 0.3 is 5.97 Å². The first-order valence-electron chi connectivity index (χ1n) is 7.18.